The number of ether oxygens (including phenoxy) is 2. The lowest BCUT2D eigenvalue weighted by Gasteiger charge is -2.40. The van der Waals surface area contributed by atoms with Crippen LogP contribution in [-0.2, 0) is 14.3 Å². The van der Waals surface area contributed by atoms with E-state index < -0.39 is 49.5 Å². The van der Waals surface area contributed by atoms with Crippen molar-refractivity contribution < 1.29 is 39.8 Å². The Kier molecular flexibility index (Phi) is 60.5. The third kappa shape index (κ3) is 52.5. The molecule has 86 heavy (non-hydrogen) atoms. The molecule has 1 aliphatic heterocycles. The summed E-state index contributed by atoms with van der Waals surface area (Å²) < 4.78 is 11.4. The van der Waals surface area contributed by atoms with Gasteiger partial charge in [0.2, 0.25) is 5.91 Å². The minimum Gasteiger partial charge on any atom is -0.394 e. The van der Waals surface area contributed by atoms with Crippen molar-refractivity contribution in [3.8, 4) is 0 Å². The number of hydrogen-bond acceptors (Lipinski definition) is 8. The van der Waals surface area contributed by atoms with E-state index in [4.69, 9.17) is 9.47 Å². The summed E-state index contributed by atoms with van der Waals surface area (Å²) in [4.78, 5) is 13.2. The maximum atomic E-state index is 13.2. The van der Waals surface area contributed by atoms with Gasteiger partial charge in [-0.1, -0.05) is 328 Å². The van der Waals surface area contributed by atoms with Gasteiger partial charge >= 0.3 is 0 Å². The van der Waals surface area contributed by atoms with Gasteiger partial charge in [-0.05, 0) is 89.9 Å². The predicted molar refractivity (Wildman–Crippen MR) is 368 cm³/mol. The van der Waals surface area contributed by atoms with Crippen LogP contribution in [0.2, 0.25) is 0 Å². The standard InChI is InChI=1S/C77H133NO8/c1-3-5-7-9-11-13-15-17-19-21-23-25-27-28-29-30-31-32-33-34-35-36-37-38-39-40-41-42-43-44-45-47-49-51-53-55-57-59-61-63-65-67-73(81)78-70(69-85-77-76(84)75(83)74(82)72(68-79)86-77)71(80)66-64-62-60-58-56-54-52-50-48-46-26-24-22-20-18-16-14-12-10-8-6-4-2/h5,7,11,13,17,19,23,25,28-29,31-32,34-35,37-38,40-41,43-44,70-72,74-77,79-80,82-84H,3-4,6,8-10,12,14-16,18,20-22,24,26-27,30,33,36,39,42,45-69H2,1-2H3,(H,78,81)/b7-5-,13-11-,19-17-,25-23-,29-28-,32-31-,35-34-,38-37-,41-40-,44-43-. The Labute approximate surface area is 528 Å². The third-order valence-electron chi connectivity index (χ3n) is 16.3. The quantitative estimate of drug-likeness (QED) is 0.0261. The van der Waals surface area contributed by atoms with Gasteiger partial charge in [-0.3, -0.25) is 4.79 Å². The van der Waals surface area contributed by atoms with Crippen LogP contribution in [0.5, 0.6) is 0 Å². The Bertz CT molecular complexity index is 1780. The fourth-order valence-electron chi connectivity index (χ4n) is 10.8. The van der Waals surface area contributed by atoms with Crippen molar-refractivity contribution >= 4 is 5.91 Å². The Morgan fingerprint density at radius 1 is 0.407 bits per heavy atom. The number of carbonyl (C=O) groups excluding carboxylic acids is 1. The van der Waals surface area contributed by atoms with Crippen molar-refractivity contribution in [1.29, 1.82) is 0 Å². The van der Waals surface area contributed by atoms with E-state index in [1.165, 1.54) is 167 Å². The number of amides is 1. The molecule has 0 saturated carbocycles. The lowest BCUT2D eigenvalue weighted by Crippen LogP contribution is -2.60. The first-order valence-electron chi connectivity index (χ1n) is 35.7. The summed E-state index contributed by atoms with van der Waals surface area (Å²) in [6.07, 6.45) is 89.7. The molecule has 0 radical (unpaired) electrons. The highest BCUT2D eigenvalue weighted by atomic mass is 16.7. The largest absolute Gasteiger partial charge is 0.394 e. The topological polar surface area (TPSA) is 149 Å². The molecule has 1 heterocycles. The highest BCUT2D eigenvalue weighted by Gasteiger charge is 2.44. The fourth-order valence-corrected chi connectivity index (χ4v) is 10.8. The molecule has 494 valence electrons. The van der Waals surface area contributed by atoms with Crippen molar-refractivity contribution in [3.05, 3.63) is 122 Å². The molecule has 0 bridgehead atoms. The highest BCUT2D eigenvalue weighted by molar-refractivity contribution is 5.76. The second-order valence-electron chi connectivity index (χ2n) is 24.3. The summed E-state index contributed by atoms with van der Waals surface area (Å²) in [6, 6.07) is -0.730. The lowest BCUT2D eigenvalue weighted by molar-refractivity contribution is -0.302. The Balaban J connectivity index is 2.12. The summed E-state index contributed by atoms with van der Waals surface area (Å²) in [5.41, 5.74) is 0. The van der Waals surface area contributed by atoms with Gasteiger partial charge < -0.3 is 40.3 Å². The molecule has 1 rings (SSSR count). The van der Waals surface area contributed by atoms with E-state index >= 15 is 0 Å². The molecule has 1 saturated heterocycles. The van der Waals surface area contributed by atoms with Crippen LogP contribution in [0.4, 0.5) is 0 Å². The molecule has 6 N–H and O–H groups in total. The van der Waals surface area contributed by atoms with Crippen LogP contribution in [0.25, 0.3) is 0 Å². The highest BCUT2D eigenvalue weighted by Crippen LogP contribution is 2.23. The minimum atomic E-state index is -1.56. The zero-order chi connectivity index (χ0) is 62.1. The van der Waals surface area contributed by atoms with E-state index in [1.807, 2.05) is 0 Å². The van der Waals surface area contributed by atoms with E-state index in [1.54, 1.807) is 0 Å². The summed E-state index contributed by atoms with van der Waals surface area (Å²) in [5.74, 6) is -0.150. The Hall–Kier alpha value is -3.41. The van der Waals surface area contributed by atoms with Crippen LogP contribution >= 0.6 is 0 Å². The smallest absolute Gasteiger partial charge is 0.220 e. The first-order chi connectivity index (χ1) is 42.3. The normalized spacial score (nSPS) is 18.8. The summed E-state index contributed by atoms with van der Waals surface area (Å²) in [6.45, 7) is 3.75. The number of carbonyl (C=O) groups is 1. The van der Waals surface area contributed by atoms with Gasteiger partial charge in [-0.25, -0.2) is 0 Å². The number of rotatable bonds is 61. The molecule has 1 amide bonds. The van der Waals surface area contributed by atoms with Gasteiger partial charge in [-0.2, -0.15) is 0 Å². The van der Waals surface area contributed by atoms with Gasteiger partial charge in [-0.15, -0.1) is 0 Å². The number of allylic oxidation sites excluding steroid dienone is 20. The van der Waals surface area contributed by atoms with E-state index in [2.05, 4.69) is 141 Å². The molecule has 0 aromatic rings. The van der Waals surface area contributed by atoms with E-state index in [-0.39, 0.29) is 12.5 Å². The molecule has 1 fully saturated rings. The van der Waals surface area contributed by atoms with E-state index in [9.17, 15) is 30.3 Å². The molecule has 0 aliphatic carbocycles. The SMILES string of the molecule is CC/C=C\C/C=C\C/C=C\C/C=C\C/C=C\C/C=C\C/C=C\C/C=C\C/C=C\C/C=C\CCCCCCCCCCCCC(=O)NC(COC1OC(CO)C(O)C(O)C1O)C(O)CCCCCCCCCCCCCCCCCCCCCCCC. The maximum Gasteiger partial charge on any atom is 0.220 e. The summed E-state index contributed by atoms with van der Waals surface area (Å²) >= 11 is 0. The van der Waals surface area contributed by atoms with Crippen molar-refractivity contribution in [3.63, 3.8) is 0 Å². The average Bonchev–Trinajstić information content (AvgIpc) is 2.36. The molecule has 0 spiro atoms. The number of aliphatic hydroxyl groups is 5. The molecule has 7 atom stereocenters. The number of nitrogens with one attached hydrogen (secondary N) is 1. The average molecular weight is 1200 g/mol. The zero-order valence-corrected chi connectivity index (χ0v) is 55.3. The van der Waals surface area contributed by atoms with Crippen LogP contribution in [0, 0.1) is 0 Å². The van der Waals surface area contributed by atoms with Crippen molar-refractivity contribution in [2.45, 2.75) is 346 Å². The fraction of sp³-hybridized carbons (Fsp3) is 0.727. The Morgan fingerprint density at radius 2 is 0.721 bits per heavy atom. The van der Waals surface area contributed by atoms with Crippen molar-refractivity contribution in [1.82, 2.24) is 5.32 Å². The Morgan fingerprint density at radius 3 is 1.07 bits per heavy atom. The first-order valence-corrected chi connectivity index (χ1v) is 35.7. The van der Waals surface area contributed by atoms with Crippen molar-refractivity contribution in [2.24, 2.45) is 0 Å². The number of aliphatic hydroxyl groups excluding tert-OH is 5. The van der Waals surface area contributed by atoms with Gasteiger partial charge in [0.1, 0.15) is 24.4 Å². The number of unbranched alkanes of at least 4 members (excludes halogenated alkanes) is 31. The molecular formula is C77H133NO8. The molecule has 1 aliphatic rings. The van der Waals surface area contributed by atoms with Crippen LogP contribution in [0.1, 0.15) is 303 Å². The van der Waals surface area contributed by atoms with Crippen LogP contribution in [0.3, 0.4) is 0 Å². The second-order valence-corrected chi connectivity index (χ2v) is 24.3. The van der Waals surface area contributed by atoms with Crippen LogP contribution < -0.4 is 5.32 Å². The van der Waals surface area contributed by atoms with Gasteiger partial charge in [0, 0.05) is 6.42 Å². The maximum absolute atomic E-state index is 13.2. The molecule has 9 nitrogen and oxygen atoms in total. The molecular weight excluding hydrogens is 1070 g/mol. The summed E-state index contributed by atoms with van der Waals surface area (Å²) in [7, 11) is 0. The third-order valence-corrected chi connectivity index (χ3v) is 16.3. The minimum absolute atomic E-state index is 0.144. The molecule has 9 heteroatoms. The van der Waals surface area contributed by atoms with Crippen molar-refractivity contribution in [2.75, 3.05) is 13.2 Å². The second kappa shape index (κ2) is 64.6. The van der Waals surface area contributed by atoms with E-state index in [0.29, 0.717) is 12.8 Å². The van der Waals surface area contributed by atoms with Crippen LogP contribution in [-0.4, -0.2) is 87.5 Å². The molecule has 0 aromatic heterocycles. The monoisotopic (exact) mass is 1200 g/mol. The van der Waals surface area contributed by atoms with Gasteiger partial charge in [0.25, 0.3) is 0 Å². The lowest BCUT2D eigenvalue weighted by atomic mass is 9.99. The molecule has 7 unspecified atom stereocenters. The summed E-state index contributed by atoms with van der Waals surface area (Å²) in [5, 5.41) is 54.9. The van der Waals surface area contributed by atoms with Gasteiger partial charge in [0.05, 0.1) is 25.4 Å². The zero-order valence-electron chi connectivity index (χ0n) is 55.3. The van der Waals surface area contributed by atoms with Gasteiger partial charge in [0.15, 0.2) is 6.29 Å². The van der Waals surface area contributed by atoms with Crippen LogP contribution in [0.15, 0.2) is 122 Å². The predicted octanol–water partition coefficient (Wildman–Crippen LogP) is 19.8. The number of hydrogen-bond donors (Lipinski definition) is 6. The molecule has 0 aromatic carbocycles. The van der Waals surface area contributed by atoms with E-state index in [0.717, 1.165) is 109 Å². The first kappa shape index (κ1) is 80.6.